The first-order chi connectivity index (χ1) is 18.8. The van der Waals surface area contributed by atoms with E-state index in [2.05, 4.69) is 149 Å². The van der Waals surface area contributed by atoms with Gasteiger partial charge in [0.05, 0.1) is 22.4 Å². The Balaban J connectivity index is 1.44. The molecule has 0 unspecified atom stereocenters. The molecule has 0 amide bonds. The van der Waals surface area contributed by atoms with Gasteiger partial charge in [0.1, 0.15) is 0 Å². The van der Waals surface area contributed by atoms with Crippen molar-refractivity contribution in [1.82, 2.24) is 9.55 Å². The highest BCUT2D eigenvalue weighted by molar-refractivity contribution is 6.01. The number of imidazole rings is 1. The molecule has 0 aliphatic carbocycles. The molecule has 6 aromatic carbocycles. The molecule has 0 bridgehead atoms. The van der Waals surface area contributed by atoms with Crippen molar-refractivity contribution in [3.05, 3.63) is 140 Å². The average Bonchev–Trinajstić information content (AvgIpc) is 3.31. The van der Waals surface area contributed by atoms with Gasteiger partial charge in [0, 0.05) is 16.8 Å². The Morgan fingerprint density at radius 3 is 1.97 bits per heavy atom. The van der Waals surface area contributed by atoms with Crippen LogP contribution in [0.4, 0.5) is 17.3 Å². The van der Waals surface area contributed by atoms with Gasteiger partial charge in [-0.2, -0.15) is 0 Å². The van der Waals surface area contributed by atoms with E-state index >= 15 is 0 Å². The van der Waals surface area contributed by atoms with Gasteiger partial charge in [-0.25, -0.2) is 4.98 Å². The van der Waals surface area contributed by atoms with Crippen molar-refractivity contribution in [3.63, 3.8) is 0 Å². The zero-order chi connectivity index (χ0) is 25.1. The molecule has 1 aliphatic heterocycles. The first-order valence-electron chi connectivity index (χ1n) is 12.9. The van der Waals surface area contributed by atoms with Crippen LogP contribution in [0.25, 0.3) is 49.7 Å². The maximum Gasteiger partial charge on any atom is 0.220 e. The molecule has 2 heterocycles. The lowest BCUT2D eigenvalue weighted by atomic mass is 9.97. The largest absolute Gasteiger partial charge is 0.280 e. The molecule has 0 fully saturated rings. The zero-order valence-corrected chi connectivity index (χ0v) is 20.6. The average molecular weight is 486 g/mol. The summed E-state index contributed by atoms with van der Waals surface area (Å²) in [5.74, 6) is 0.889. The van der Waals surface area contributed by atoms with Crippen LogP contribution in [0.2, 0.25) is 0 Å². The molecule has 0 saturated carbocycles. The third-order valence-corrected chi connectivity index (χ3v) is 7.52. The third kappa shape index (κ3) is 3.12. The van der Waals surface area contributed by atoms with Crippen LogP contribution in [-0.2, 0) is 0 Å². The summed E-state index contributed by atoms with van der Waals surface area (Å²) in [6.07, 6.45) is 0. The summed E-state index contributed by atoms with van der Waals surface area (Å²) < 4.78 is 2.32. The van der Waals surface area contributed by atoms with Crippen LogP contribution in [0.15, 0.2) is 140 Å². The van der Waals surface area contributed by atoms with Crippen LogP contribution in [0.1, 0.15) is 0 Å². The number of anilines is 3. The second-order valence-corrected chi connectivity index (χ2v) is 9.72. The quantitative estimate of drug-likeness (QED) is 0.243. The van der Waals surface area contributed by atoms with E-state index in [4.69, 9.17) is 4.98 Å². The third-order valence-electron chi connectivity index (χ3n) is 7.52. The van der Waals surface area contributed by atoms with Gasteiger partial charge >= 0.3 is 0 Å². The number of benzene rings is 6. The first-order valence-corrected chi connectivity index (χ1v) is 12.9. The van der Waals surface area contributed by atoms with Gasteiger partial charge in [-0.3, -0.25) is 9.47 Å². The zero-order valence-electron chi connectivity index (χ0n) is 20.6. The number of fused-ring (bicyclic) bond motifs is 8. The Labute approximate surface area is 220 Å². The molecule has 8 rings (SSSR count). The fourth-order valence-corrected chi connectivity index (χ4v) is 5.72. The maximum absolute atomic E-state index is 5.22. The molecule has 1 aliphatic rings. The molecule has 7 aromatic rings. The summed E-state index contributed by atoms with van der Waals surface area (Å²) >= 11 is 0. The lowest BCUT2D eigenvalue weighted by molar-refractivity contribution is 1.05. The van der Waals surface area contributed by atoms with Crippen molar-refractivity contribution >= 4 is 39.1 Å². The second kappa shape index (κ2) is 8.19. The lowest BCUT2D eigenvalue weighted by Gasteiger charge is -2.24. The van der Waals surface area contributed by atoms with Crippen LogP contribution in [0, 0.1) is 0 Å². The standard InChI is InChI=1S/C35H23N3/c1-2-10-24(11-3-1)25-18-20-28(21-19-25)37-32-16-8-6-14-29(32)30-22-26-12-4-5-13-27(26)23-34(30)38-33-17-9-7-15-31(33)36-35(37)38/h1-23H. The van der Waals surface area contributed by atoms with Crippen molar-refractivity contribution < 1.29 is 0 Å². The molecule has 0 saturated heterocycles. The Bertz CT molecular complexity index is 1970. The normalized spacial score (nSPS) is 12.2. The van der Waals surface area contributed by atoms with Crippen LogP contribution >= 0.6 is 0 Å². The van der Waals surface area contributed by atoms with Gasteiger partial charge in [-0.05, 0) is 64.4 Å². The van der Waals surface area contributed by atoms with Crippen LogP contribution in [0.3, 0.4) is 0 Å². The summed E-state index contributed by atoms with van der Waals surface area (Å²) in [6, 6.07) is 49.6. The van der Waals surface area contributed by atoms with Crippen LogP contribution < -0.4 is 4.90 Å². The number of rotatable bonds is 2. The van der Waals surface area contributed by atoms with Gasteiger partial charge in [-0.1, -0.05) is 97.1 Å². The van der Waals surface area contributed by atoms with Crippen molar-refractivity contribution in [2.45, 2.75) is 0 Å². The summed E-state index contributed by atoms with van der Waals surface area (Å²) in [7, 11) is 0. The van der Waals surface area contributed by atoms with E-state index in [1.54, 1.807) is 0 Å². The molecule has 0 radical (unpaired) electrons. The number of nitrogens with zero attached hydrogens (tertiary/aromatic N) is 3. The highest BCUT2D eigenvalue weighted by Gasteiger charge is 2.29. The van der Waals surface area contributed by atoms with Gasteiger partial charge < -0.3 is 0 Å². The summed E-state index contributed by atoms with van der Waals surface area (Å²) in [4.78, 5) is 7.52. The van der Waals surface area contributed by atoms with Crippen molar-refractivity contribution in [1.29, 1.82) is 0 Å². The van der Waals surface area contributed by atoms with Gasteiger partial charge in [0.2, 0.25) is 5.95 Å². The Morgan fingerprint density at radius 2 is 1.13 bits per heavy atom. The minimum atomic E-state index is 0.889. The Hall–Kier alpha value is -5.15. The summed E-state index contributed by atoms with van der Waals surface area (Å²) in [5.41, 5.74) is 10.2. The Kier molecular flexibility index (Phi) is 4.52. The molecule has 0 spiro atoms. The fraction of sp³-hybridized carbons (Fsp3) is 0. The molecule has 3 nitrogen and oxygen atoms in total. The van der Waals surface area contributed by atoms with E-state index in [1.165, 1.54) is 33.0 Å². The van der Waals surface area contributed by atoms with Gasteiger partial charge in [-0.15, -0.1) is 0 Å². The molecule has 38 heavy (non-hydrogen) atoms. The van der Waals surface area contributed by atoms with Gasteiger partial charge in [0.15, 0.2) is 0 Å². The molecule has 178 valence electrons. The maximum atomic E-state index is 5.22. The molecule has 0 N–H and O–H groups in total. The second-order valence-electron chi connectivity index (χ2n) is 9.72. The smallest absolute Gasteiger partial charge is 0.220 e. The van der Waals surface area contributed by atoms with Crippen molar-refractivity contribution in [2.75, 3.05) is 4.90 Å². The first kappa shape index (κ1) is 21.0. The summed E-state index contributed by atoms with van der Waals surface area (Å²) in [5, 5.41) is 2.45. The highest BCUT2D eigenvalue weighted by atomic mass is 15.3. The summed E-state index contributed by atoms with van der Waals surface area (Å²) in [6.45, 7) is 0. The number of hydrogen-bond acceptors (Lipinski definition) is 2. The van der Waals surface area contributed by atoms with E-state index in [-0.39, 0.29) is 0 Å². The van der Waals surface area contributed by atoms with Crippen molar-refractivity contribution in [2.24, 2.45) is 0 Å². The monoisotopic (exact) mass is 485 g/mol. The van der Waals surface area contributed by atoms with Gasteiger partial charge in [0.25, 0.3) is 0 Å². The molecule has 1 aromatic heterocycles. The van der Waals surface area contributed by atoms with E-state index in [9.17, 15) is 0 Å². The van der Waals surface area contributed by atoms with Crippen molar-refractivity contribution in [3.8, 4) is 27.9 Å². The minimum Gasteiger partial charge on any atom is -0.280 e. The van der Waals surface area contributed by atoms with Crippen LogP contribution in [0.5, 0.6) is 0 Å². The van der Waals surface area contributed by atoms with E-state index in [1.807, 2.05) is 0 Å². The van der Waals surface area contributed by atoms with E-state index < -0.39 is 0 Å². The van der Waals surface area contributed by atoms with E-state index in [0.717, 1.165) is 34.0 Å². The fourth-order valence-electron chi connectivity index (χ4n) is 5.72. The van der Waals surface area contributed by atoms with Crippen LogP contribution in [-0.4, -0.2) is 9.55 Å². The number of hydrogen-bond donors (Lipinski definition) is 0. The minimum absolute atomic E-state index is 0.889. The Morgan fingerprint density at radius 1 is 0.474 bits per heavy atom. The molecular formula is C35H23N3. The predicted molar refractivity (Wildman–Crippen MR) is 158 cm³/mol. The highest BCUT2D eigenvalue weighted by Crippen LogP contribution is 2.48. The lowest BCUT2D eigenvalue weighted by Crippen LogP contribution is -2.14. The topological polar surface area (TPSA) is 21.1 Å². The molecular weight excluding hydrogens is 462 g/mol. The SMILES string of the molecule is c1ccc(-c2ccc(N3c4ccccc4-c4cc5ccccc5cc4-n4c3nc3ccccc34)cc2)cc1. The molecule has 3 heteroatoms. The molecule has 0 atom stereocenters. The predicted octanol–water partition coefficient (Wildman–Crippen LogP) is 9.30. The number of para-hydroxylation sites is 3. The number of aromatic nitrogens is 2. The van der Waals surface area contributed by atoms with E-state index in [0.29, 0.717) is 0 Å².